The Morgan fingerprint density at radius 2 is 2.24 bits per heavy atom. The second-order valence-corrected chi connectivity index (χ2v) is 6.60. The maximum absolute atomic E-state index is 12.0. The van der Waals surface area contributed by atoms with E-state index in [0.29, 0.717) is 35.2 Å². The summed E-state index contributed by atoms with van der Waals surface area (Å²) in [5.74, 6) is 0.444. The van der Waals surface area contributed by atoms with Gasteiger partial charge in [0.05, 0.1) is 5.69 Å². The summed E-state index contributed by atoms with van der Waals surface area (Å²) >= 11 is 1.29. The van der Waals surface area contributed by atoms with E-state index in [1.165, 1.54) is 11.3 Å². The Morgan fingerprint density at radius 1 is 1.44 bits per heavy atom. The van der Waals surface area contributed by atoms with Gasteiger partial charge in [-0.3, -0.25) is 4.79 Å². The van der Waals surface area contributed by atoms with Crippen molar-refractivity contribution in [3.63, 3.8) is 0 Å². The molecule has 0 bridgehead atoms. The van der Waals surface area contributed by atoms with Crippen molar-refractivity contribution < 1.29 is 14.3 Å². The Hall–Kier alpha value is -2.88. The number of ether oxygens (including phenoxy) is 1. The van der Waals surface area contributed by atoms with Crippen LogP contribution in [0.15, 0.2) is 18.2 Å². The number of nitrogens with zero attached hydrogens (tertiary/aromatic N) is 3. The van der Waals surface area contributed by atoms with Crippen molar-refractivity contribution in [2.45, 2.75) is 19.4 Å². The van der Waals surface area contributed by atoms with Gasteiger partial charge in [0.1, 0.15) is 10.8 Å². The summed E-state index contributed by atoms with van der Waals surface area (Å²) in [7, 11) is 1.69. The highest BCUT2D eigenvalue weighted by Gasteiger charge is 2.28. The number of anilines is 3. The van der Waals surface area contributed by atoms with E-state index >= 15 is 0 Å². The number of benzene rings is 1. The third-order valence-electron chi connectivity index (χ3n) is 3.67. The number of aromatic nitrogens is 2. The number of carbonyl (C=O) groups excluding carboxylic acids is 2. The van der Waals surface area contributed by atoms with E-state index < -0.39 is 6.10 Å². The number of carbonyl (C=O) groups is 2. The average Bonchev–Trinajstić information content (AvgIpc) is 2.98. The Labute approximate surface area is 148 Å². The van der Waals surface area contributed by atoms with Crippen LogP contribution >= 0.6 is 11.3 Å². The molecule has 0 spiro atoms. The maximum Gasteiger partial charge on any atom is 0.319 e. The first kappa shape index (κ1) is 17.0. The number of fused-ring (bicyclic) bond motifs is 1. The standard InChI is InChI=1S/C15H18N6O3S/c1-8-13(22)21(2)10-4-3-9(7-11(10)24-8)18-15(23)17-6-5-12-19-20-14(16)25-12/h3-4,7-8H,5-6H2,1-2H3,(H2,16,20)(H2,17,18,23). The van der Waals surface area contributed by atoms with E-state index in [9.17, 15) is 9.59 Å². The zero-order chi connectivity index (χ0) is 18.0. The van der Waals surface area contributed by atoms with Gasteiger partial charge < -0.3 is 26.0 Å². The molecule has 3 rings (SSSR count). The number of nitrogen functional groups attached to an aromatic ring is 1. The molecular weight excluding hydrogens is 344 g/mol. The van der Waals surface area contributed by atoms with Crippen molar-refractivity contribution in [1.29, 1.82) is 0 Å². The molecule has 1 aromatic carbocycles. The maximum atomic E-state index is 12.0. The Balaban J connectivity index is 1.57. The second-order valence-electron chi connectivity index (χ2n) is 5.50. The first-order valence-electron chi connectivity index (χ1n) is 7.65. The number of likely N-dealkylation sites (N-methyl/N-ethyl adjacent to an activating group) is 1. The molecule has 2 heterocycles. The molecule has 1 aliphatic rings. The first-order valence-corrected chi connectivity index (χ1v) is 8.46. The minimum absolute atomic E-state index is 0.108. The van der Waals surface area contributed by atoms with E-state index in [-0.39, 0.29) is 11.9 Å². The van der Waals surface area contributed by atoms with Crippen molar-refractivity contribution in [3.8, 4) is 5.75 Å². The molecule has 0 aliphatic carbocycles. The monoisotopic (exact) mass is 362 g/mol. The summed E-state index contributed by atoms with van der Waals surface area (Å²) < 4.78 is 5.59. The lowest BCUT2D eigenvalue weighted by atomic mass is 10.2. The zero-order valence-corrected chi connectivity index (χ0v) is 14.6. The minimum atomic E-state index is -0.555. The van der Waals surface area contributed by atoms with Crippen LogP contribution in [0.3, 0.4) is 0 Å². The van der Waals surface area contributed by atoms with Crippen LogP contribution < -0.4 is 26.0 Å². The van der Waals surface area contributed by atoms with E-state index in [4.69, 9.17) is 10.5 Å². The molecule has 2 aromatic rings. The summed E-state index contributed by atoms with van der Waals surface area (Å²) in [5, 5.41) is 14.2. The van der Waals surface area contributed by atoms with Gasteiger partial charge in [-0.1, -0.05) is 11.3 Å². The highest BCUT2D eigenvalue weighted by molar-refractivity contribution is 7.15. The van der Waals surface area contributed by atoms with Gasteiger partial charge in [-0.2, -0.15) is 0 Å². The van der Waals surface area contributed by atoms with Crippen molar-refractivity contribution >= 4 is 39.8 Å². The molecule has 1 aliphatic heterocycles. The third-order valence-corrected chi connectivity index (χ3v) is 4.48. The zero-order valence-electron chi connectivity index (χ0n) is 13.8. The normalized spacial score (nSPS) is 16.2. The summed E-state index contributed by atoms with van der Waals surface area (Å²) in [6, 6.07) is 4.80. The van der Waals surface area contributed by atoms with Crippen LogP contribution in [0.4, 0.5) is 21.3 Å². The largest absolute Gasteiger partial charge is 0.479 e. The Bertz CT molecular complexity index is 808. The van der Waals surface area contributed by atoms with Gasteiger partial charge in [0.15, 0.2) is 6.10 Å². The molecule has 25 heavy (non-hydrogen) atoms. The van der Waals surface area contributed by atoms with Gasteiger partial charge in [-0.25, -0.2) is 4.79 Å². The predicted octanol–water partition coefficient (Wildman–Crippen LogP) is 1.23. The van der Waals surface area contributed by atoms with Gasteiger partial charge in [0, 0.05) is 31.8 Å². The topological polar surface area (TPSA) is 122 Å². The number of nitrogens with two attached hydrogens (primary N) is 1. The summed E-state index contributed by atoms with van der Waals surface area (Å²) in [4.78, 5) is 25.4. The van der Waals surface area contributed by atoms with Crippen molar-refractivity contribution in [1.82, 2.24) is 15.5 Å². The number of hydrogen-bond donors (Lipinski definition) is 3. The highest BCUT2D eigenvalue weighted by atomic mass is 32.1. The van der Waals surface area contributed by atoms with Crippen molar-refractivity contribution in [2.75, 3.05) is 29.5 Å². The Morgan fingerprint density at radius 3 is 2.96 bits per heavy atom. The number of urea groups is 1. The smallest absolute Gasteiger partial charge is 0.319 e. The van der Waals surface area contributed by atoms with E-state index in [0.717, 1.165) is 5.01 Å². The quantitative estimate of drug-likeness (QED) is 0.752. The number of amides is 3. The van der Waals surface area contributed by atoms with Gasteiger partial charge in [0.2, 0.25) is 5.13 Å². The molecular formula is C15H18N6O3S. The number of hydrogen-bond acceptors (Lipinski definition) is 7. The third kappa shape index (κ3) is 3.79. The lowest BCUT2D eigenvalue weighted by molar-refractivity contribution is -0.125. The lowest BCUT2D eigenvalue weighted by Gasteiger charge is -2.30. The molecule has 4 N–H and O–H groups in total. The number of rotatable bonds is 4. The van der Waals surface area contributed by atoms with Crippen LogP contribution in [-0.2, 0) is 11.2 Å². The molecule has 1 aromatic heterocycles. The van der Waals surface area contributed by atoms with Crippen LogP contribution in [0.1, 0.15) is 11.9 Å². The van der Waals surface area contributed by atoms with Crippen molar-refractivity contribution in [3.05, 3.63) is 23.2 Å². The fraction of sp³-hybridized carbons (Fsp3) is 0.333. The van der Waals surface area contributed by atoms with Gasteiger partial charge >= 0.3 is 6.03 Å². The summed E-state index contributed by atoms with van der Waals surface area (Å²) in [6.07, 6.45) is 0.000857. The van der Waals surface area contributed by atoms with Crippen LogP contribution in [0, 0.1) is 0 Å². The average molecular weight is 362 g/mol. The van der Waals surface area contributed by atoms with Gasteiger partial charge in [-0.15, -0.1) is 10.2 Å². The summed E-state index contributed by atoms with van der Waals surface area (Å²) in [5.41, 5.74) is 6.75. The highest BCUT2D eigenvalue weighted by Crippen LogP contribution is 2.35. The van der Waals surface area contributed by atoms with Crippen LogP contribution in [-0.4, -0.2) is 41.8 Å². The molecule has 0 fully saturated rings. The molecule has 9 nitrogen and oxygen atoms in total. The molecule has 0 saturated heterocycles. The lowest BCUT2D eigenvalue weighted by Crippen LogP contribution is -2.42. The van der Waals surface area contributed by atoms with Gasteiger partial charge in [-0.05, 0) is 19.1 Å². The SMILES string of the molecule is CC1Oc2cc(NC(=O)NCCc3nnc(N)s3)ccc2N(C)C1=O. The van der Waals surface area contributed by atoms with Crippen LogP contribution in [0.2, 0.25) is 0 Å². The van der Waals surface area contributed by atoms with Crippen LogP contribution in [0.5, 0.6) is 5.75 Å². The molecule has 1 atom stereocenters. The van der Waals surface area contributed by atoms with Crippen LogP contribution in [0.25, 0.3) is 0 Å². The predicted molar refractivity (Wildman–Crippen MR) is 95.0 cm³/mol. The van der Waals surface area contributed by atoms with Crippen molar-refractivity contribution in [2.24, 2.45) is 0 Å². The number of nitrogens with one attached hydrogen (secondary N) is 2. The van der Waals surface area contributed by atoms with E-state index in [1.807, 2.05) is 0 Å². The van der Waals surface area contributed by atoms with E-state index in [2.05, 4.69) is 20.8 Å². The minimum Gasteiger partial charge on any atom is -0.479 e. The molecule has 0 radical (unpaired) electrons. The fourth-order valence-corrected chi connectivity index (χ4v) is 3.03. The summed E-state index contributed by atoms with van der Waals surface area (Å²) in [6.45, 7) is 2.10. The fourth-order valence-electron chi connectivity index (χ4n) is 2.42. The molecule has 132 valence electrons. The first-order chi connectivity index (χ1) is 11.9. The second kappa shape index (κ2) is 6.93. The molecule has 3 amide bonds. The van der Waals surface area contributed by atoms with E-state index in [1.54, 1.807) is 37.1 Å². The molecule has 1 unspecified atom stereocenters. The molecule has 10 heteroatoms. The molecule has 0 saturated carbocycles. The Kier molecular flexibility index (Phi) is 4.70. The van der Waals surface area contributed by atoms with Gasteiger partial charge in [0.25, 0.3) is 5.91 Å².